The molecule has 3 aromatic heterocycles. The van der Waals surface area contributed by atoms with Gasteiger partial charge in [0.15, 0.2) is 5.13 Å². The molecule has 0 aliphatic heterocycles. The van der Waals surface area contributed by atoms with E-state index >= 15 is 0 Å². The van der Waals surface area contributed by atoms with Gasteiger partial charge in [-0.2, -0.15) is 0 Å². The Morgan fingerprint density at radius 2 is 1.29 bits per heavy atom. The van der Waals surface area contributed by atoms with Gasteiger partial charge in [-0.25, -0.2) is 19.6 Å². The van der Waals surface area contributed by atoms with Gasteiger partial charge in [0, 0.05) is 23.5 Å². The van der Waals surface area contributed by atoms with Crippen molar-refractivity contribution in [2.24, 2.45) is 5.92 Å². The first-order valence-corrected chi connectivity index (χ1v) is 18.4. The molecule has 0 aliphatic rings. The van der Waals surface area contributed by atoms with E-state index in [1.165, 1.54) is 24.5 Å². The molecule has 56 heavy (non-hydrogen) atoms. The summed E-state index contributed by atoms with van der Waals surface area (Å²) in [5.41, 5.74) is 3.27. The quantitative estimate of drug-likeness (QED) is 0.0842. The summed E-state index contributed by atoms with van der Waals surface area (Å²) in [6.07, 6.45) is 11.7. The summed E-state index contributed by atoms with van der Waals surface area (Å²) in [6.45, 7) is 11.8. The van der Waals surface area contributed by atoms with Crippen molar-refractivity contribution < 1.29 is 38.9 Å². The second-order valence-electron chi connectivity index (χ2n) is 13.1. The fourth-order valence-electron chi connectivity index (χ4n) is 4.72. The highest BCUT2D eigenvalue weighted by Crippen LogP contribution is 2.24. The first-order chi connectivity index (χ1) is 26.6. The average Bonchev–Trinajstić information content (AvgIpc) is 3.62. The molecule has 0 bridgehead atoms. The Hall–Kier alpha value is -6.67. The number of hydrogen-bond acceptors (Lipinski definition) is 10. The van der Waals surface area contributed by atoms with Gasteiger partial charge < -0.3 is 25.0 Å². The van der Waals surface area contributed by atoms with Crippen LogP contribution in [0.15, 0.2) is 91.4 Å². The number of carboxylic acids is 2. The summed E-state index contributed by atoms with van der Waals surface area (Å²) < 4.78 is 11.5. The number of hydrogen-bond donors (Lipinski definition) is 4. The number of anilines is 2. The maximum Gasteiger partial charge on any atom is 0.347 e. The lowest BCUT2D eigenvalue weighted by Gasteiger charge is -2.12. The van der Waals surface area contributed by atoms with Crippen LogP contribution in [0.4, 0.5) is 10.9 Å². The third kappa shape index (κ3) is 13.6. The minimum absolute atomic E-state index is 0.0210. The number of ether oxygens (including phenoxy) is 2. The molecular weight excluding hydrogens is 735 g/mol. The molecule has 0 aliphatic carbocycles. The fraction of sp³-hybridized carbons (Fsp3) is 0.214. The SMILES string of the molecule is CC(C)/C=C\c1cc(OC(C)C)cc(C(=O)Nc2ncc(C(=O)O)s2)c1.CC(C)Oc1cc(/C=C/c2ccccn2)cc(C(=O)Nc2ccc(C(=O)O)cn2)c1. The van der Waals surface area contributed by atoms with Crippen molar-refractivity contribution in [3.63, 3.8) is 0 Å². The Kier molecular flexibility index (Phi) is 15.1. The van der Waals surface area contributed by atoms with E-state index in [4.69, 9.17) is 19.7 Å². The molecule has 0 saturated heterocycles. The van der Waals surface area contributed by atoms with E-state index in [1.807, 2.05) is 82.3 Å². The molecule has 2 aromatic carbocycles. The molecule has 0 saturated carbocycles. The molecule has 0 radical (unpaired) electrons. The number of aromatic nitrogens is 3. The minimum Gasteiger partial charge on any atom is -0.491 e. The van der Waals surface area contributed by atoms with Gasteiger partial charge in [-0.15, -0.1) is 0 Å². The maximum absolute atomic E-state index is 12.7. The lowest BCUT2D eigenvalue weighted by molar-refractivity contribution is 0.0688. The zero-order chi connectivity index (χ0) is 40.8. The number of carboxylic acid groups (broad SMARTS) is 2. The van der Waals surface area contributed by atoms with E-state index in [2.05, 4.69) is 39.4 Å². The van der Waals surface area contributed by atoms with Crippen molar-refractivity contribution in [1.29, 1.82) is 0 Å². The van der Waals surface area contributed by atoms with Gasteiger partial charge >= 0.3 is 11.9 Å². The highest BCUT2D eigenvalue weighted by atomic mass is 32.1. The molecule has 4 N–H and O–H groups in total. The van der Waals surface area contributed by atoms with Crippen LogP contribution in [0.5, 0.6) is 11.5 Å². The second-order valence-corrected chi connectivity index (χ2v) is 14.1. The monoisotopic (exact) mass is 777 g/mol. The number of thiazole rings is 1. The number of amides is 2. The van der Waals surface area contributed by atoms with Gasteiger partial charge in [-0.1, -0.05) is 49.5 Å². The topological polar surface area (TPSA) is 190 Å². The third-order valence-corrected chi connectivity index (χ3v) is 8.02. The smallest absolute Gasteiger partial charge is 0.347 e. The van der Waals surface area contributed by atoms with E-state index in [1.54, 1.807) is 30.5 Å². The van der Waals surface area contributed by atoms with Crippen LogP contribution in [-0.4, -0.2) is 61.1 Å². The summed E-state index contributed by atoms with van der Waals surface area (Å²) in [4.78, 5) is 59.3. The predicted molar refractivity (Wildman–Crippen MR) is 218 cm³/mol. The Morgan fingerprint density at radius 3 is 1.79 bits per heavy atom. The molecule has 5 aromatic rings. The molecule has 3 heterocycles. The number of aromatic carboxylic acids is 2. The minimum atomic E-state index is -1.08. The highest BCUT2D eigenvalue weighted by molar-refractivity contribution is 7.17. The summed E-state index contributed by atoms with van der Waals surface area (Å²) in [7, 11) is 0. The van der Waals surface area contributed by atoms with E-state index < -0.39 is 11.9 Å². The van der Waals surface area contributed by atoms with Crippen LogP contribution in [-0.2, 0) is 0 Å². The normalized spacial score (nSPS) is 11.1. The number of pyridine rings is 2. The number of benzene rings is 2. The van der Waals surface area contributed by atoms with Gasteiger partial charge in [0.1, 0.15) is 22.2 Å². The van der Waals surface area contributed by atoms with Crippen LogP contribution < -0.4 is 20.1 Å². The Bertz CT molecular complexity index is 2200. The molecular formula is C42H43N5O8S. The lowest BCUT2D eigenvalue weighted by Crippen LogP contribution is -2.14. The van der Waals surface area contributed by atoms with E-state index in [0.717, 1.165) is 28.2 Å². The third-order valence-electron chi connectivity index (χ3n) is 7.12. The predicted octanol–water partition coefficient (Wildman–Crippen LogP) is 8.93. The first-order valence-electron chi connectivity index (χ1n) is 17.6. The van der Waals surface area contributed by atoms with E-state index in [9.17, 15) is 19.2 Å². The van der Waals surface area contributed by atoms with Crippen molar-refractivity contribution in [1.82, 2.24) is 15.0 Å². The van der Waals surface area contributed by atoms with E-state index in [-0.39, 0.29) is 45.4 Å². The van der Waals surface area contributed by atoms with Crippen LogP contribution in [0.25, 0.3) is 18.2 Å². The average molecular weight is 778 g/mol. The number of nitrogens with one attached hydrogen (secondary N) is 2. The molecule has 0 atom stereocenters. The fourth-order valence-corrected chi connectivity index (χ4v) is 5.37. The molecule has 0 spiro atoms. The number of carbonyl (C=O) groups is 4. The summed E-state index contributed by atoms with van der Waals surface area (Å²) in [6, 6.07) is 19.0. The zero-order valence-corrected chi connectivity index (χ0v) is 32.5. The lowest BCUT2D eigenvalue weighted by atomic mass is 10.1. The van der Waals surface area contributed by atoms with Crippen molar-refractivity contribution in [2.75, 3.05) is 10.6 Å². The van der Waals surface area contributed by atoms with Gasteiger partial charge in [-0.3, -0.25) is 19.9 Å². The molecule has 290 valence electrons. The highest BCUT2D eigenvalue weighted by Gasteiger charge is 2.15. The van der Waals surface area contributed by atoms with Crippen LogP contribution in [0, 0.1) is 5.92 Å². The van der Waals surface area contributed by atoms with Crippen LogP contribution in [0.3, 0.4) is 0 Å². The van der Waals surface area contributed by atoms with Gasteiger partial charge in [0.2, 0.25) is 0 Å². The van der Waals surface area contributed by atoms with Crippen LogP contribution in [0.2, 0.25) is 0 Å². The number of carbonyl (C=O) groups excluding carboxylic acids is 2. The maximum atomic E-state index is 12.7. The Balaban J connectivity index is 0.000000251. The summed E-state index contributed by atoms with van der Waals surface area (Å²) in [5, 5.41) is 23.4. The molecule has 0 fully saturated rings. The van der Waals surface area contributed by atoms with Crippen molar-refractivity contribution in [3.8, 4) is 11.5 Å². The van der Waals surface area contributed by atoms with E-state index in [0.29, 0.717) is 28.5 Å². The Morgan fingerprint density at radius 1 is 0.661 bits per heavy atom. The van der Waals surface area contributed by atoms with Crippen molar-refractivity contribution >= 4 is 64.3 Å². The molecule has 14 heteroatoms. The van der Waals surface area contributed by atoms with Crippen LogP contribution >= 0.6 is 11.3 Å². The summed E-state index contributed by atoms with van der Waals surface area (Å²) >= 11 is 0.909. The number of allylic oxidation sites excluding steroid dienone is 1. The standard InChI is InChI=1S/C23H21N3O4.C19H22N2O4S/c1-15(2)30-20-12-16(6-8-19-5-3-4-10-24-19)11-18(13-20)22(27)26-21-9-7-17(14-25-21)23(28)29;1-11(2)5-6-13-7-14(9-15(8-13)25-12(3)4)17(22)21-19-20-10-16(26-19)18(23)24/h3-15H,1-2H3,(H,28,29)(H,25,26,27);5-12H,1-4H3,(H,23,24)(H,20,21,22)/b8-6+;6-5-. The number of nitrogens with zero attached hydrogens (tertiary/aromatic N) is 3. The zero-order valence-electron chi connectivity index (χ0n) is 31.7. The molecule has 0 unspecified atom stereocenters. The Labute approximate surface area is 328 Å². The molecule has 2 amide bonds. The summed E-state index contributed by atoms with van der Waals surface area (Å²) in [5.74, 6) is -1.11. The first kappa shape index (κ1) is 42.1. The molecule has 13 nitrogen and oxygen atoms in total. The van der Waals surface area contributed by atoms with Crippen LogP contribution in [0.1, 0.15) is 99.1 Å². The van der Waals surface area contributed by atoms with Gasteiger partial charge in [0.25, 0.3) is 11.8 Å². The van der Waals surface area contributed by atoms with Gasteiger partial charge in [-0.05, 0) is 111 Å². The number of rotatable bonds is 14. The largest absolute Gasteiger partial charge is 0.491 e. The van der Waals surface area contributed by atoms with Gasteiger partial charge in [0.05, 0.1) is 29.7 Å². The molecule has 5 rings (SSSR count). The second kappa shape index (κ2) is 20.1. The van der Waals surface area contributed by atoms with Crippen molar-refractivity contribution in [3.05, 3.63) is 130 Å². The van der Waals surface area contributed by atoms with Crippen molar-refractivity contribution in [2.45, 2.75) is 53.8 Å².